The highest BCUT2D eigenvalue weighted by Gasteiger charge is 2.08. The smallest absolute Gasteiger partial charge is 0.251 e. The van der Waals surface area contributed by atoms with Crippen LogP contribution in [0.25, 0.3) is 0 Å². The zero-order chi connectivity index (χ0) is 15.8. The van der Waals surface area contributed by atoms with E-state index < -0.39 is 0 Å². The highest BCUT2D eigenvalue weighted by atomic mass is 32.1. The SMILES string of the molecule is NC(=S)N/N=C(/CNC(=O)c1ccccc1)c1ccccc1. The molecule has 0 saturated carbocycles. The van der Waals surface area contributed by atoms with Gasteiger partial charge in [0.1, 0.15) is 0 Å². The van der Waals surface area contributed by atoms with Gasteiger partial charge in [-0.15, -0.1) is 0 Å². The highest BCUT2D eigenvalue weighted by molar-refractivity contribution is 7.80. The van der Waals surface area contributed by atoms with E-state index in [2.05, 4.69) is 15.8 Å². The molecule has 0 bridgehead atoms. The van der Waals surface area contributed by atoms with Crippen molar-refractivity contribution in [1.29, 1.82) is 0 Å². The molecular weight excluding hydrogens is 296 g/mol. The molecule has 2 aromatic carbocycles. The fourth-order valence-corrected chi connectivity index (χ4v) is 1.86. The Morgan fingerprint density at radius 1 is 1.00 bits per heavy atom. The lowest BCUT2D eigenvalue weighted by Crippen LogP contribution is -2.33. The van der Waals surface area contributed by atoms with Crippen molar-refractivity contribution in [2.75, 3.05) is 6.54 Å². The zero-order valence-electron chi connectivity index (χ0n) is 11.8. The van der Waals surface area contributed by atoms with Gasteiger partial charge >= 0.3 is 0 Å². The standard InChI is InChI=1S/C16H16N4OS/c17-16(22)20-19-14(12-7-3-1-4-8-12)11-18-15(21)13-9-5-2-6-10-13/h1-10H,11H2,(H,18,21)(H3,17,20,22)/b19-14-. The van der Waals surface area contributed by atoms with E-state index >= 15 is 0 Å². The molecule has 0 aromatic heterocycles. The second kappa shape index (κ2) is 7.90. The molecule has 112 valence electrons. The number of nitrogens with two attached hydrogens (primary N) is 1. The summed E-state index contributed by atoms with van der Waals surface area (Å²) in [5.74, 6) is -0.167. The molecule has 6 heteroatoms. The van der Waals surface area contributed by atoms with Gasteiger partial charge in [0, 0.05) is 5.56 Å². The van der Waals surface area contributed by atoms with Gasteiger partial charge in [-0.3, -0.25) is 10.2 Å². The summed E-state index contributed by atoms with van der Waals surface area (Å²) in [5, 5.41) is 7.04. The molecule has 5 nitrogen and oxygen atoms in total. The topological polar surface area (TPSA) is 79.5 Å². The Hall–Kier alpha value is -2.73. The summed E-state index contributed by atoms with van der Waals surface area (Å²) in [6.07, 6.45) is 0. The van der Waals surface area contributed by atoms with Crippen LogP contribution in [0.1, 0.15) is 15.9 Å². The maximum absolute atomic E-state index is 12.1. The summed E-state index contributed by atoms with van der Waals surface area (Å²) >= 11 is 4.75. The maximum atomic E-state index is 12.1. The van der Waals surface area contributed by atoms with Gasteiger partial charge in [0.2, 0.25) is 0 Å². The third kappa shape index (κ3) is 4.68. The molecule has 0 spiro atoms. The second-order valence-corrected chi connectivity index (χ2v) is 4.89. The first-order valence-electron chi connectivity index (χ1n) is 6.67. The van der Waals surface area contributed by atoms with E-state index in [4.69, 9.17) is 18.0 Å². The lowest BCUT2D eigenvalue weighted by molar-refractivity contribution is 0.0959. The molecule has 4 N–H and O–H groups in total. The molecule has 2 rings (SSSR count). The number of nitrogens with zero attached hydrogens (tertiary/aromatic N) is 1. The van der Waals surface area contributed by atoms with Crippen LogP contribution in [-0.4, -0.2) is 23.3 Å². The quantitative estimate of drug-likeness (QED) is 0.446. The van der Waals surface area contributed by atoms with Gasteiger partial charge in [-0.25, -0.2) is 0 Å². The molecular formula is C16H16N4OS. The van der Waals surface area contributed by atoms with Crippen LogP contribution in [0, 0.1) is 0 Å². The van der Waals surface area contributed by atoms with Gasteiger partial charge in [-0.05, 0) is 29.9 Å². The Balaban J connectivity index is 2.09. The summed E-state index contributed by atoms with van der Waals surface area (Å²) in [6.45, 7) is 0.257. The lowest BCUT2D eigenvalue weighted by atomic mass is 10.1. The van der Waals surface area contributed by atoms with E-state index in [9.17, 15) is 4.79 Å². The normalized spacial score (nSPS) is 10.8. The number of rotatable bonds is 5. The number of nitrogens with one attached hydrogen (secondary N) is 2. The monoisotopic (exact) mass is 312 g/mol. The molecule has 22 heavy (non-hydrogen) atoms. The average Bonchev–Trinajstić information content (AvgIpc) is 2.56. The van der Waals surface area contributed by atoms with E-state index in [0.717, 1.165) is 5.56 Å². The number of hydrogen-bond donors (Lipinski definition) is 3. The molecule has 1 amide bonds. The fraction of sp³-hybridized carbons (Fsp3) is 0.0625. The molecule has 2 aromatic rings. The summed E-state index contributed by atoms with van der Waals surface area (Å²) < 4.78 is 0. The van der Waals surface area contributed by atoms with Crippen LogP contribution >= 0.6 is 12.2 Å². The van der Waals surface area contributed by atoms with E-state index in [-0.39, 0.29) is 17.6 Å². The minimum Gasteiger partial charge on any atom is -0.375 e. The first-order chi connectivity index (χ1) is 10.7. The molecule has 0 aliphatic carbocycles. The highest BCUT2D eigenvalue weighted by Crippen LogP contribution is 2.02. The van der Waals surface area contributed by atoms with Crippen LogP contribution in [0.5, 0.6) is 0 Å². The molecule has 0 unspecified atom stereocenters. The van der Waals surface area contributed by atoms with E-state index in [0.29, 0.717) is 11.3 Å². The third-order valence-electron chi connectivity index (χ3n) is 2.86. The van der Waals surface area contributed by atoms with Crippen molar-refractivity contribution in [2.24, 2.45) is 10.8 Å². The summed E-state index contributed by atoms with van der Waals surface area (Å²) in [7, 11) is 0. The molecule has 0 heterocycles. The molecule has 0 fully saturated rings. The van der Waals surface area contributed by atoms with Crippen molar-refractivity contribution < 1.29 is 4.79 Å². The molecule has 0 radical (unpaired) electrons. The zero-order valence-corrected chi connectivity index (χ0v) is 12.6. The van der Waals surface area contributed by atoms with Crippen molar-refractivity contribution in [2.45, 2.75) is 0 Å². The van der Waals surface area contributed by atoms with Crippen molar-refractivity contribution in [3.8, 4) is 0 Å². The number of thiocarbonyl (C=S) groups is 1. The van der Waals surface area contributed by atoms with Gasteiger partial charge in [0.05, 0.1) is 12.3 Å². The molecule has 0 atom stereocenters. The predicted molar refractivity (Wildman–Crippen MR) is 91.7 cm³/mol. The van der Waals surface area contributed by atoms with Crippen LogP contribution in [0.15, 0.2) is 65.8 Å². The van der Waals surface area contributed by atoms with Gasteiger partial charge in [0.25, 0.3) is 5.91 Å². The summed E-state index contributed by atoms with van der Waals surface area (Å²) in [4.78, 5) is 12.1. The van der Waals surface area contributed by atoms with Crippen LogP contribution < -0.4 is 16.5 Å². The van der Waals surface area contributed by atoms with Crippen molar-refractivity contribution in [3.05, 3.63) is 71.8 Å². The third-order valence-corrected chi connectivity index (χ3v) is 2.95. The Morgan fingerprint density at radius 3 is 2.09 bits per heavy atom. The Labute approximate surface area is 134 Å². The summed E-state index contributed by atoms with van der Waals surface area (Å²) in [6, 6.07) is 18.5. The van der Waals surface area contributed by atoms with Crippen molar-refractivity contribution in [1.82, 2.24) is 10.7 Å². The van der Waals surface area contributed by atoms with Gasteiger partial charge in [-0.1, -0.05) is 48.5 Å². The van der Waals surface area contributed by atoms with Gasteiger partial charge in [0.15, 0.2) is 5.11 Å². The molecule has 0 aliphatic rings. The average molecular weight is 312 g/mol. The molecule has 0 saturated heterocycles. The lowest BCUT2D eigenvalue weighted by Gasteiger charge is -2.09. The largest absolute Gasteiger partial charge is 0.375 e. The first-order valence-corrected chi connectivity index (χ1v) is 7.08. The van der Waals surface area contributed by atoms with E-state index in [1.165, 1.54) is 0 Å². The maximum Gasteiger partial charge on any atom is 0.251 e. The van der Waals surface area contributed by atoms with Gasteiger partial charge < -0.3 is 11.1 Å². The summed E-state index contributed by atoms with van der Waals surface area (Å²) in [5.41, 5.74) is 10.1. The molecule has 0 aliphatic heterocycles. The minimum absolute atomic E-state index is 0.0721. The number of carbonyl (C=O) groups is 1. The van der Waals surface area contributed by atoms with Crippen LogP contribution in [0.2, 0.25) is 0 Å². The van der Waals surface area contributed by atoms with Gasteiger partial charge in [-0.2, -0.15) is 5.10 Å². The number of amides is 1. The fourth-order valence-electron chi connectivity index (χ4n) is 1.81. The van der Waals surface area contributed by atoms with Crippen molar-refractivity contribution >= 4 is 28.9 Å². The van der Waals surface area contributed by atoms with E-state index in [1.807, 2.05) is 48.5 Å². The first kappa shape index (κ1) is 15.7. The Morgan fingerprint density at radius 2 is 1.55 bits per heavy atom. The van der Waals surface area contributed by atoms with Crippen LogP contribution in [-0.2, 0) is 0 Å². The number of benzene rings is 2. The number of carbonyl (C=O) groups excluding carboxylic acids is 1. The second-order valence-electron chi connectivity index (χ2n) is 4.45. The predicted octanol–water partition coefficient (Wildman–Crippen LogP) is 1.65. The van der Waals surface area contributed by atoms with E-state index in [1.54, 1.807) is 12.1 Å². The number of hydrazone groups is 1. The van der Waals surface area contributed by atoms with Crippen LogP contribution in [0.3, 0.4) is 0 Å². The van der Waals surface area contributed by atoms with Crippen LogP contribution in [0.4, 0.5) is 0 Å². The minimum atomic E-state index is -0.167. The Kier molecular flexibility index (Phi) is 5.62. The van der Waals surface area contributed by atoms with Crippen molar-refractivity contribution in [3.63, 3.8) is 0 Å². The number of hydrogen-bond acceptors (Lipinski definition) is 3. The Bertz CT molecular complexity index is 671.